The molecule has 1 heterocycles. The van der Waals surface area contributed by atoms with Crippen molar-refractivity contribution in [3.63, 3.8) is 0 Å². The van der Waals surface area contributed by atoms with E-state index in [-0.39, 0.29) is 22.1 Å². The van der Waals surface area contributed by atoms with Crippen LogP contribution in [0.1, 0.15) is 18.9 Å². The first-order valence-corrected chi connectivity index (χ1v) is 11.8. The van der Waals surface area contributed by atoms with Gasteiger partial charge in [-0.2, -0.15) is 0 Å². The Bertz CT molecular complexity index is 1100. The third-order valence-electron chi connectivity index (χ3n) is 4.54. The summed E-state index contributed by atoms with van der Waals surface area (Å²) in [6, 6.07) is 8.08. The van der Waals surface area contributed by atoms with Gasteiger partial charge >= 0.3 is 0 Å². The van der Waals surface area contributed by atoms with E-state index in [2.05, 4.69) is 4.72 Å². The zero-order valence-electron chi connectivity index (χ0n) is 15.5. The van der Waals surface area contributed by atoms with Gasteiger partial charge in [0.1, 0.15) is 0 Å². The number of hydrogen-bond donors (Lipinski definition) is 1. The number of aryl methyl sites for hydroxylation is 1. The smallest absolute Gasteiger partial charge is 0.262 e. The van der Waals surface area contributed by atoms with Crippen molar-refractivity contribution < 1.29 is 26.0 Å². The van der Waals surface area contributed by atoms with Gasteiger partial charge in [0.15, 0.2) is 11.6 Å². The number of ether oxygens (including phenoxy) is 1. The maximum atomic E-state index is 13.9. The van der Waals surface area contributed by atoms with Gasteiger partial charge in [-0.1, -0.05) is 0 Å². The van der Waals surface area contributed by atoms with Crippen molar-refractivity contribution in [1.82, 2.24) is 0 Å². The van der Waals surface area contributed by atoms with Crippen LogP contribution in [0.4, 0.5) is 15.8 Å². The van der Waals surface area contributed by atoms with E-state index in [0.29, 0.717) is 25.1 Å². The monoisotopic (exact) mass is 428 g/mol. The molecule has 0 saturated heterocycles. The molecule has 0 spiro atoms. The number of hydrogen-bond acceptors (Lipinski definition) is 5. The number of rotatable bonds is 6. The van der Waals surface area contributed by atoms with E-state index in [1.165, 1.54) is 29.6 Å². The minimum Gasteiger partial charge on any atom is -0.494 e. The molecule has 2 aromatic rings. The number of fused-ring (bicyclic) bond motifs is 1. The fourth-order valence-electron chi connectivity index (χ4n) is 3.10. The predicted octanol–water partition coefficient (Wildman–Crippen LogP) is 2.74. The second-order valence-corrected chi connectivity index (χ2v) is 10.2. The van der Waals surface area contributed by atoms with Gasteiger partial charge in [0, 0.05) is 12.2 Å². The second kappa shape index (κ2) is 7.59. The lowest BCUT2D eigenvalue weighted by atomic mass is 10.0. The number of sulfonamides is 2. The highest BCUT2D eigenvalue weighted by molar-refractivity contribution is 7.93. The van der Waals surface area contributed by atoms with Crippen molar-refractivity contribution in [2.24, 2.45) is 0 Å². The van der Waals surface area contributed by atoms with E-state index in [1.807, 2.05) is 0 Å². The molecule has 7 nitrogen and oxygen atoms in total. The zero-order valence-corrected chi connectivity index (χ0v) is 17.1. The molecule has 0 aromatic heterocycles. The highest BCUT2D eigenvalue weighted by atomic mass is 32.2. The third kappa shape index (κ3) is 3.93. The lowest BCUT2D eigenvalue weighted by Gasteiger charge is -2.30. The number of benzene rings is 2. The molecule has 0 atom stereocenters. The van der Waals surface area contributed by atoms with Crippen LogP contribution in [0.25, 0.3) is 0 Å². The van der Waals surface area contributed by atoms with Gasteiger partial charge in [-0.3, -0.25) is 9.03 Å². The van der Waals surface area contributed by atoms with Crippen LogP contribution < -0.4 is 13.8 Å². The van der Waals surface area contributed by atoms with E-state index < -0.39 is 25.9 Å². The topological polar surface area (TPSA) is 92.8 Å². The first kappa shape index (κ1) is 20.4. The number of anilines is 2. The Balaban J connectivity index is 1.91. The Labute approximate surface area is 164 Å². The summed E-state index contributed by atoms with van der Waals surface area (Å²) in [6.07, 6.45) is 1.28. The summed E-state index contributed by atoms with van der Waals surface area (Å²) in [5, 5.41) is 0. The molecule has 1 N–H and O–H groups in total. The molecule has 0 saturated carbocycles. The Morgan fingerprint density at radius 2 is 1.89 bits per heavy atom. The van der Waals surface area contributed by atoms with Crippen molar-refractivity contribution >= 4 is 31.4 Å². The Hall–Kier alpha value is -2.33. The molecular formula is C18H21FN2O5S2. The van der Waals surface area contributed by atoms with Crippen LogP contribution in [-0.2, 0) is 26.5 Å². The molecule has 1 aliphatic rings. The number of methoxy groups -OCH3 is 1. The standard InChI is InChI=1S/C18H21FN2O5S2/c1-3-27(22,23)21-10-4-5-13-11-14(6-8-17(13)21)20-28(24,25)15-7-9-18(26-2)16(19)12-15/h6-9,11-12,20H,3-5,10H2,1-2H3. The fraction of sp³-hybridized carbons (Fsp3) is 0.333. The minimum atomic E-state index is -4.01. The molecule has 3 rings (SSSR count). The van der Waals surface area contributed by atoms with Crippen LogP contribution in [0.2, 0.25) is 0 Å². The molecule has 0 fully saturated rings. The van der Waals surface area contributed by atoms with Crippen molar-refractivity contribution in [2.75, 3.05) is 28.4 Å². The van der Waals surface area contributed by atoms with Crippen LogP contribution in [0.15, 0.2) is 41.3 Å². The number of nitrogens with one attached hydrogen (secondary N) is 1. The fourth-order valence-corrected chi connectivity index (χ4v) is 5.36. The maximum absolute atomic E-state index is 13.9. The van der Waals surface area contributed by atoms with Crippen LogP contribution in [-0.4, -0.2) is 36.2 Å². The zero-order chi connectivity index (χ0) is 20.5. The molecular weight excluding hydrogens is 407 g/mol. The average molecular weight is 429 g/mol. The molecule has 152 valence electrons. The van der Waals surface area contributed by atoms with E-state index in [9.17, 15) is 21.2 Å². The van der Waals surface area contributed by atoms with Crippen LogP contribution in [0.3, 0.4) is 0 Å². The van der Waals surface area contributed by atoms with E-state index in [1.54, 1.807) is 19.1 Å². The average Bonchev–Trinajstić information content (AvgIpc) is 2.66. The van der Waals surface area contributed by atoms with Gasteiger partial charge in [-0.25, -0.2) is 21.2 Å². The highest BCUT2D eigenvalue weighted by Crippen LogP contribution is 2.32. The van der Waals surface area contributed by atoms with E-state index >= 15 is 0 Å². The molecule has 28 heavy (non-hydrogen) atoms. The maximum Gasteiger partial charge on any atom is 0.262 e. The first-order chi connectivity index (χ1) is 13.2. The van der Waals surface area contributed by atoms with E-state index in [4.69, 9.17) is 4.74 Å². The molecule has 1 aliphatic heterocycles. The number of nitrogens with zero attached hydrogens (tertiary/aromatic N) is 1. The number of halogens is 1. The Morgan fingerprint density at radius 1 is 1.14 bits per heavy atom. The second-order valence-electron chi connectivity index (χ2n) is 6.32. The summed E-state index contributed by atoms with van der Waals surface area (Å²) in [6.45, 7) is 1.99. The van der Waals surface area contributed by atoms with Crippen LogP contribution >= 0.6 is 0 Å². The predicted molar refractivity (Wildman–Crippen MR) is 105 cm³/mol. The van der Waals surface area contributed by atoms with Crippen LogP contribution in [0, 0.1) is 5.82 Å². The summed E-state index contributed by atoms with van der Waals surface area (Å²) >= 11 is 0. The van der Waals surface area contributed by atoms with Crippen molar-refractivity contribution in [3.8, 4) is 5.75 Å². The SMILES string of the molecule is CCS(=O)(=O)N1CCCc2cc(NS(=O)(=O)c3ccc(OC)c(F)c3)ccc21. The van der Waals surface area contributed by atoms with E-state index in [0.717, 1.165) is 11.6 Å². The summed E-state index contributed by atoms with van der Waals surface area (Å²) in [7, 11) is -6.12. The quantitative estimate of drug-likeness (QED) is 0.764. The van der Waals surface area contributed by atoms with Gasteiger partial charge < -0.3 is 4.74 Å². The molecule has 10 heteroatoms. The Kier molecular flexibility index (Phi) is 5.53. The summed E-state index contributed by atoms with van der Waals surface area (Å²) in [4.78, 5) is -0.237. The summed E-state index contributed by atoms with van der Waals surface area (Å²) < 4.78 is 72.1. The van der Waals surface area contributed by atoms with Gasteiger partial charge in [-0.05, 0) is 61.7 Å². The Morgan fingerprint density at radius 3 is 2.54 bits per heavy atom. The van der Waals surface area contributed by atoms with Crippen molar-refractivity contribution in [3.05, 3.63) is 47.8 Å². The minimum absolute atomic E-state index is 0.0101. The summed E-state index contributed by atoms with van der Waals surface area (Å²) in [5.74, 6) is -0.842. The normalized spacial score (nSPS) is 14.5. The van der Waals surface area contributed by atoms with Gasteiger partial charge in [0.05, 0.1) is 23.4 Å². The van der Waals surface area contributed by atoms with Crippen molar-refractivity contribution in [1.29, 1.82) is 0 Å². The van der Waals surface area contributed by atoms with Gasteiger partial charge in [0.25, 0.3) is 10.0 Å². The molecule has 0 unspecified atom stereocenters. The molecule has 0 bridgehead atoms. The third-order valence-corrected chi connectivity index (χ3v) is 7.70. The molecule has 0 aliphatic carbocycles. The van der Waals surface area contributed by atoms with Gasteiger partial charge in [-0.15, -0.1) is 0 Å². The lowest BCUT2D eigenvalue weighted by Crippen LogP contribution is -2.36. The molecule has 0 radical (unpaired) electrons. The lowest BCUT2D eigenvalue weighted by molar-refractivity contribution is 0.385. The van der Waals surface area contributed by atoms with Crippen molar-refractivity contribution in [2.45, 2.75) is 24.7 Å². The summed E-state index contributed by atoms with van der Waals surface area (Å²) in [5.41, 5.74) is 1.58. The van der Waals surface area contributed by atoms with Crippen LogP contribution in [0.5, 0.6) is 5.75 Å². The largest absolute Gasteiger partial charge is 0.494 e. The molecule has 2 aromatic carbocycles. The highest BCUT2D eigenvalue weighted by Gasteiger charge is 2.26. The molecule has 0 amide bonds. The van der Waals surface area contributed by atoms with Gasteiger partial charge in [0.2, 0.25) is 10.0 Å². The first-order valence-electron chi connectivity index (χ1n) is 8.67.